The van der Waals surface area contributed by atoms with Crippen molar-refractivity contribution in [3.05, 3.63) is 47.0 Å². The highest BCUT2D eigenvalue weighted by molar-refractivity contribution is 6.30. The molecule has 20 heavy (non-hydrogen) atoms. The number of carbonyl (C=O) groups is 1. The van der Waals surface area contributed by atoms with Crippen LogP contribution in [0, 0.1) is 5.92 Å². The van der Waals surface area contributed by atoms with Crippen LogP contribution in [0.3, 0.4) is 0 Å². The van der Waals surface area contributed by atoms with Gasteiger partial charge in [-0.25, -0.2) is 4.79 Å². The Bertz CT molecular complexity index is 437. The van der Waals surface area contributed by atoms with Crippen LogP contribution in [0.2, 0.25) is 5.02 Å². The van der Waals surface area contributed by atoms with Crippen LogP contribution < -0.4 is 0 Å². The summed E-state index contributed by atoms with van der Waals surface area (Å²) < 4.78 is 4.92. The molecule has 3 heteroatoms. The molecule has 0 radical (unpaired) electrons. The van der Waals surface area contributed by atoms with Crippen molar-refractivity contribution in [2.24, 2.45) is 5.92 Å². The molecule has 0 aliphatic carbocycles. The van der Waals surface area contributed by atoms with Gasteiger partial charge in [-0.2, -0.15) is 0 Å². The minimum atomic E-state index is -0.266. The maximum Gasteiger partial charge on any atom is 0.333 e. The van der Waals surface area contributed by atoms with Crippen molar-refractivity contribution >= 4 is 17.6 Å². The highest BCUT2D eigenvalue weighted by Crippen LogP contribution is 2.18. The van der Waals surface area contributed by atoms with Gasteiger partial charge in [-0.1, -0.05) is 43.7 Å². The molecule has 110 valence electrons. The number of esters is 1. The summed E-state index contributed by atoms with van der Waals surface area (Å²) >= 11 is 5.87. The summed E-state index contributed by atoms with van der Waals surface area (Å²) in [7, 11) is 0. The summed E-state index contributed by atoms with van der Waals surface area (Å²) in [5.41, 5.74) is 1.87. The fourth-order valence-corrected chi connectivity index (χ4v) is 2.25. The van der Waals surface area contributed by atoms with Gasteiger partial charge in [-0.05, 0) is 49.8 Å². The van der Waals surface area contributed by atoms with Crippen molar-refractivity contribution in [3.8, 4) is 0 Å². The van der Waals surface area contributed by atoms with Crippen LogP contribution in [-0.4, -0.2) is 12.6 Å². The predicted molar refractivity (Wildman–Crippen MR) is 83.9 cm³/mol. The quantitative estimate of drug-likeness (QED) is 0.508. The molecule has 1 atom stereocenters. The van der Waals surface area contributed by atoms with E-state index >= 15 is 0 Å². The van der Waals surface area contributed by atoms with E-state index in [1.54, 1.807) is 6.92 Å². The van der Waals surface area contributed by atoms with Gasteiger partial charge in [0.05, 0.1) is 6.61 Å². The molecular formula is C17H23ClO2. The maximum absolute atomic E-state index is 11.4. The van der Waals surface area contributed by atoms with Crippen LogP contribution in [0.1, 0.15) is 38.7 Å². The monoisotopic (exact) mass is 294 g/mol. The molecule has 0 saturated carbocycles. The van der Waals surface area contributed by atoms with Gasteiger partial charge in [0.2, 0.25) is 0 Å². The van der Waals surface area contributed by atoms with Crippen molar-refractivity contribution in [2.45, 2.75) is 39.5 Å². The van der Waals surface area contributed by atoms with Crippen LogP contribution in [0.25, 0.3) is 0 Å². The first-order chi connectivity index (χ1) is 9.52. The molecule has 0 saturated heterocycles. The van der Waals surface area contributed by atoms with Gasteiger partial charge < -0.3 is 4.74 Å². The van der Waals surface area contributed by atoms with E-state index in [0.717, 1.165) is 24.3 Å². The van der Waals surface area contributed by atoms with E-state index in [1.807, 2.05) is 12.1 Å². The first-order valence-electron chi connectivity index (χ1n) is 7.12. The second kappa shape index (κ2) is 8.80. The van der Waals surface area contributed by atoms with Gasteiger partial charge in [0.1, 0.15) is 0 Å². The normalized spacial score (nSPS) is 11.9. The summed E-state index contributed by atoms with van der Waals surface area (Å²) in [5, 5.41) is 0.770. The smallest absolute Gasteiger partial charge is 0.333 e. The summed E-state index contributed by atoms with van der Waals surface area (Å²) in [6, 6.07) is 7.98. The molecule has 1 aromatic rings. The van der Waals surface area contributed by atoms with Crippen molar-refractivity contribution < 1.29 is 9.53 Å². The minimum absolute atomic E-state index is 0.266. The van der Waals surface area contributed by atoms with E-state index in [2.05, 4.69) is 25.6 Å². The SMILES string of the molecule is C=C(CCCC(C)Cc1ccc(Cl)cc1)C(=O)OCC. The average molecular weight is 295 g/mol. The minimum Gasteiger partial charge on any atom is -0.463 e. The Morgan fingerprint density at radius 3 is 2.60 bits per heavy atom. The van der Waals surface area contributed by atoms with E-state index < -0.39 is 0 Å². The lowest BCUT2D eigenvalue weighted by molar-refractivity contribution is -0.138. The largest absolute Gasteiger partial charge is 0.463 e. The topological polar surface area (TPSA) is 26.3 Å². The molecule has 0 amide bonds. The zero-order chi connectivity index (χ0) is 15.0. The molecular weight excluding hydrogens is 272 g/mol. The van der Waals surface area contributed by atoms with Crippen molar-refractivity contribution in [3.63, 3.8) is 0 Å². The van der Waals surface area contributed by atoms with Gasteiger partial charge >= 0.3 is 5.97 Å². The number of hydrogen-bond donors (Lipinski definition) is 0. The van der Waals surface area contributed by atoms with Crippen LogP contribution in [0.15, 0.2) is 36.4 Å². The Hall–Kier alpha value is -1.28. The first kappa shape index (κ1) is 16.8. The predicted octanol–water partition coefficient (Wildman–Crippen LogP) is 4.81. The van der Waals surface area contributed by atoms with Crippen molar-refractivity contribution in [1.82, 2.24) is 0 Å². The fraction of sp³-hybridized carbons (Fsp3) is 0.471. The van der Waals surface area contributed by atoms with Gasteiger partial charge in [0.25, 0.3) is 0 Å². The zero-order valence-corrected chi connectivity index (χ0v) is 13.1. The second-order valence-corrected chi connectivity index (χ2v) is 5.59. The third-order valence-electron chi connectivity index (χ3n) is 3.24. The molecule has 1 unspecified atom stereocenters. The molecule has 0 aliphatic heterocycles. The summed E-state index contributed by atoms with van der Waals surface area (Å²) in [6.07, 6.45) is 3.78. The third kappa shape index (κ3) is 6.25. The van der Waals surface area contributed by atoms with Gasteiger partial charge in [-0.15, -0.1) is 0 Å². The maximum atomic E-state index is 11.4. The van der Waals surface area contributed by atoms with Gasteiger partial charge in [0.15, 0.2) is 0 Å². The van der Waals surface area contributed by atoms with E-state index in [0.29, 0.717) is 24.5 Å². The summed E-state index contributed by atoms with van der Waals surface area (Å²) in [4.78, 5) is 11.4. The van der Waals surface area contributed by atoms with Crippen LogP contribution in [-0.2, 0) is 16.0 Å². The van der Waals surface area contributed by atoms with Crippen molar-refractivity contribution in [1.29, 1.82) is 0 Å². The number of halogens is 1. The number of ether oxygens (including phenoxy) is 1. The Labute approximate surface area is 126 Å². The van der Waals surface area contributed by atoms with Crippen LogP contribution in [0.5, 0.6) is 0 Å². The van der Waals surface area contributed by atoms with Crippen LogP contribution in [0.4, 0.5) is 0 Å². The molecule has 0 spiro atoms. The second-order valence-electron chi connectivity index (χ2n) is 5.15. The summed E-state index contributed by atoms with van der Waals surface area (Å²) in [6.45, 7) is 8.21. The number of rotatable bonds is 8. The Morgan fingerprint density at radius 1 is 1.35 bits per heavy atom. The first-order valence-corrected chi connectivity index (χ1v) is 7.50. The number of hydrogen-bond acceptors (Lipinski definition) is 2. The Morgan fingerprint density at radius 2 is 2.00 bits per heavy atom. The lowest BCUT2D eigenvalue weighted by Crippen LogP contribution is -2.07. The number of carbonyl (C=O) groups excluding carboxylic acids is 1. The molecule has 1 rings (SSSR count). The lowest BCUT2D eigenvalue weighted by atomic mass is 9.95. The van der Waals surface area contributed by atoms with E-state index in [4.69, 9.17) is 16.3 Å². The third-order valence-corrected chi connectivity index (χ3v) is 3.49. The van der Waals surface area contributed by atoms with E-state index in [9.17, 15) is 4.79 Å². The Kier molecular flexibility index (Phi) is 7.38. The van der Waals surface area contributed by atoms with Crippen LogP contribution >= 0.6 is 11.6 Å². The molecule has 2 nitrogen and oxygen atoms in total. The van der Waals surface area contributed by atoms with Crippen molar-refractivity contribution in [2.75, 3.05) is 6.61 Å². The Balaban J connectivity index is 2.26. The molecule has 0 heterocycles. The average Bonchev–Trinajstić information content (AvgIpc) is 2.41. The highest BCUT2D eigenvalue weighted by Gasteiger charge is 2.09. The standard InChI is InChI=1S/C17H23ClO2/c1-4-20-17(19)14(3)7-5-6-13(2)12-15-8-10-16(18)11-9-15/h8-11,13H,3-7,12H2,1-2H3. The zero-order valence-electron chi connectivity index (χ0n) is 12.3. The molecule has 0 fully saturated rings. The number of benzene rings is 1. The molecule has 0 aromatic heterocycles. The fourth-order valence-electron chi connectivity index (χ4n) is 2.12. The van der Waals surface area contributed by atoms with E-state index in [-0.39, 0.29) is 5.97 Å². The molecule has 0 aliphatic rings. The molecule has 1 aromatic carbocycles. The van der Waals surface area contributed by atoms with Gasteiger partial charge in [0, 0.05) is 10.6 Å². The molecule has 0 bridgehead atoms. The summed E-state index contributed by atoms with van der Waals surface area (Å²) in [5.74, 6) is 0.309. The lowest BCUT2D eigenvalue weighted by Gasteiger charge is -2.12. The highest BCUT2D eigenvalue weighted by atomic mass is 35.5. The van der Waals surface area contributed by atoms with Gasteiger partial charge in [-0.3, -0.25) is 0 Å². The van der Waals surface area contributed by atoms with E-state index in [1.165, 1.54) is 5.56 Å². The molecule has 0 N–H and O–H groups in total.